The molecule has 134 valence electrons. The van der Waals surface area contributed by atoms with Gasteiger partial charge >= 0.3 is 0 Å². The van der Waals surface area contributed by atoms with Gasteiger partial charge in [-0.3, -0.25) is 4.18 Å². The van der Waals surface area contributed by atoms with Crippen LogP contribution in [0.2, 0.25) is 10.0 Å². The number of pyridine rings is 1. The molecule has 1 aromatic heterocycles. The lowest BCUT2D eigenvalue weighted by atomic mass is 10.1. The lowest BCUT2D eigenvalue weighted by Crippen LogP contribution is -2.46. The summed E-state index contributed by atoms with van der Waals surface area (Å²) in [6, 6.07) is 8.45. The van der Waals surface area contributed by atoms with Crippen LogP contribution in [-0.2, 0) is 20.8 Å². The third kappa shape index (κ3) is 4.55. The van der Waals surface area contributed by atoms with E-state index in [1.807, 2.05) is 11.0 Å². The first-order valence-corrected chi connectivity index (χ1v) is 10.0. The third-order valence-electron chi connectivity index (χ3n) is 3.72. The highest BCUT2D eigenvalue weighted by Gasteiger charge is 2.30. The van der Waals surface area contributed by atoms with Crippen LogP contribution in [0.1, 0.15) is 5.56 Å². The van der Waals surface area contributed by atoms with Crippen molar-refractivity contribution in [2.45, 2.75) is 12.6 Å². The molecular weight excluding hydrogens is 387 g/mol. The van der Waals surface area contributed by atoms with Gasteiger partial charge in [-0.1, -0.05) is 23.2 Å². The minimum atomic E-state index is -3.56. The number of hydrogen-bond acceptors (Lipinski definition) is 6. The van der Waals surface area contributed by atoms with Gasteiger partial charge in [0.15, 0.2) is 11.6 Å². The summed E-state index contributed by atoms with van der Waals surface area (Å²) in [6.07, 6.45) is 2.66. The minimum absolute atomic E-state index is 0.0486. The van der Waals surface area contributed by atoms with E-state index < -0.39 is 10.1 Å². The fourth-order valence-corrected chi connectivity index (χ4v) is 3.33. The molecule has 0 radical (unpaired) electrons. The minimum Gasteiger partial charge on any atom is -0.487 e. The number of ether oxygens (including phenoxy) is 1. The molecule has 0 bridgehead atoms. The number of anilines is 1. The smallest absolute Gasteiger partial charge is 0.264 e. The van der Waals surface area contributed by atoms with Gasteiger partial charge in [0.1, 0.15) is 6.61 Å². The maximum atomic E-state index is 11.3. The molecule has 0 saturated heterocycles. The van der Waals surface area contributed by atoms with Crippen molar-refractivity contribution in [3.8, 4) is 5.75 Å². The zero-order valence-electron chi connectivity index (χ0n) is 13.4. The Kier molecular flexibility index (Phi) is 5.38. The SMILES string of the molecule is CS(=O)(=O)OCC1COc2cccnc2N1Cc1cc(Cl)ccc1Cl. The van der Waals surface area contributed by atoms with Crippen LogP contribution in [0.25, 0.3) is 0 Å². The van der Waals surface area contributed by atoms with Crippen LogP contribution in [0.15, 0.2) is 36.5 Å². The van der Waals surface area contributed by atoms with Crippen molar-refractivity contribution >= 4 is 39.1 Å². The maximum Gasteiger partial charge on any atom is 0.264 e. The standard InChI is InChI=1S/C16H16Cl2N2O4S/c1-25(21,22)24-10-13-9-23-15-3-2-6-19-16(15)20(13)8-11-7-12(17)4-5-14(11)18/h2-7,13H,8-10H2,1H3. The highest BCUT2D eigenvalue weighted by atomic mass is 35.5. The van der Waals surface area contributed by atoms with E-state index in [1.165, 1.54) is 0 Å². The lowest BCUT2D eigenvalue weighted by molar-refractivity contribution is 0.201. The summed E-state index contributed by atoms with van der Waals surface area (Å²) in [5.74, 6) is 1.23. The van der Waals surface area contributed by atoms with E-state index in [2.05, 4.69) is 4.98 Å². The predicted molar refractivity (Wildman–Crippen MR) is 97.0 cm³/mol. The molecule has 2 heterocycles. The summed E-state index contributed by atoms with van der Waals surface area (Å²) >= 11 is 12.3. The molecule has 2 aromatic rings. The normalized spacial score (nSPS) is 17.1. The van der Waals surface area contributed by atoms with Crippen LogP contribution in [0.4, 0.5) is 5.82 Å². The molecule has 0 spiro atoms. The first kappa shape index (κ1) is 18.3. The summed E-state index contributed by atoms with van der Waals surface area (Å²) in [7, 11) is -3.56. The molecule has 1 aliphatic rings. The molecule has 0 amide bonds. The Labute approximate surface area is 156 Å². The van der Waals surface area contributed by atoms with Crippen LogP contribution < -0.4 is 9.64 Å². The van der Waals surface area contributed by atoms with Crippen molar-refractivity contribution < 1.29 is 17.3 Å². The number of benzene rings is 1. The number of nitrogens with zero attached hydrogens (tertiary/aromatic N) is 2. The van der Waals surface area contributed by atoms with Gasteiger partial charge < -0.3 is 9.64 Å². The quantitative estimate of drug-likeness (QED) is 0.715. The van der Waals surface area contributed by atoms with Crippen LogP contribution in [-0.4, -0.2) is 38.9 Å². The first-order valence-electron chi connectivity index (χ1n) is 7.46. The molecule has 0 saturated carbocycles. The second-order valence-electron chi connectivity index (χ2n) is 5.64. The summed E-state index contributed by atoms with van der Waals surface area (Å²) in [4.78, 5) is 6.28. The van der Waals surface area contributed by atoms with E-state index in [-0.39, 0.29) is 19.3 Å². The number of fused-ring (bicyclic) bond motifs is 1. The second-order valence-corrected chi connectivity index (χ2v) is 8.13. The fourth-order valence-electron chi connectivity index (χ4n) is 2.55. The van der Waals surface area contributed by atoms with Crippen molar-refractivity contribution in [1.29, 1.82) is 0 Å². The average molecular weight is 403 g/mol. The predicted octanol–water partition coefficient (Wildman–Crippen LogP) is 3.13. The van der Waals surface area contributed by atoms with Gasteiger partial charge in [-0.05, 0) is 35.9 Å². The molecular formula is C16H16Cl2N2O4S. The number of hydrogen-bond donors (Lipinski definition) is 0. The zero-order chi connectivity index (χ0) is 18.0. The molecule has 1 unspecified atom stereocenters. The summed E-state index contributed by atoms with van der Waals surface area (Å²) in [6.45, 7) is 0.615. The van der Waals surface area contributed by atoms with Gasteiger partial charge in [0.2, 0.25) is 0 Å². The van der Waals surface area contributed by atoms with Gasteiger partial charge in [0.05, 0.1) is 18.9 Å². The van der Waals surface area contributed by atoms with Gasteiger partial charge in [0, 0.05) is 22.8 Å². The highest BCUT2D eigenvalue weighted by Crippen LogP contribution is 2.34. The Morgan fingerprint density at radius 3 is 2.92 bits per heavy atom. The van der Waals surface area contributed by atoms with Gasteiger partial charge in [-0.2, -0.15) is 8.42 Å². The monoisotopic (exact) mass is 402 g/mol. The van der Waals surface area contributed by atoms with Gasteiger partial charge in [-0.15, -0.1) is 0 Å². The van der Waals surface area contributed by atoms with E-state index in [1.54, 1.807) is 30.5 Å². The van der Waals surface area contributed by atoms with E-state index >= 15 is 0 Å². The Morgan fingerprint density at radius 2 is 2.16 bits per heavy atom. The fraction of sp³-hybridized carbons (Fsp3) is 0.312. The molecule has 1 aliphatic heterocycles. The number of rotatable bonds is 5. The average Bonchev–Trinajstić information content (AvgIpc) is 2.56. The van der Waals surface area contributed by atoms with Crippen molar-refractivity contribution in [3.05, 3.63) is 52.1 Å². The molecule has 9 heteroatoms. The van der Waals surface area contributed by atoms with Crippen LogP contribution in [0, 0.1) is 0 Å². The third-order valence-corrected chi connectivity index (χ3v) is 4.89. The lowest BCUT2D eigenvalue weighted by Gasteiger charge is -2.37. The van der Waals surface area contributed by atoms with Crippen LogP contribution in [0.5, 0.6) is 5.75 Å². The van der Waals surface area contributed by atoms with E-state index in [0.717, 1.165) is 11.8 Å². The molecule has 0 fully saturated rings. The number of aromatic nitrogens is 1. The summed E-state index contributed by atoms with van der Waals surface area (Å²) in [5, 5.41) is 1.13. The molecule has 3 rings (SSSR count). The largest absolute Gasteiger partial charge is 0.487 e. The zero-order valence-corrected chi connectivity index (χ0v) is 15.7. The second kappa shape index (κ2) is 7.37. The van der Waals surface area contributed by atoms with Crippen LogP contribution >= 0.6 is 23.2 Å². The Morgan fingerprint density at radius 1 is 1.36 bits per heavy atom. The maximum absolute atomic E-state index is 11.3. The summed E-state index contributed by atoms with van der Waals surface area (Å²) in [5.41, 5.74) is 0.803. The Balaban J connectivity index is 1.92. The Hall–Kier alpha value is -1.54. The van der Waals surface area contributed by atoms with Crippen molar-refractivity contribution in [2.24, 2.45) is 0 Å². The van der Waals surface area contributed by atoms with E-state index in [9.17, 15) is 8.42 Å². The topological polar surface area (TPSA) is 68.7 Å². The number of halogens is 2. The molecule has 0 N–H and O–H groups in total. The van der Waals surface area contributed by atoms with Crippen molar-refractivity contribution in [3.63, 3.8) is 0 Å². The van der Waals surface area contributed by atoms with Crippen LogP contribution in [0.3, 0.4) is 0 Å². The summed E-state index contributed by atoms with van der Waals surface area (Å²) < 4.78 is 33.3. The molecule has 1 atom stereocenters. The highest BCUT2D eigenvalue weighted by molar-refractivity contribution is 7.85. The first-order chi connectivity index (χ1) is 11.8. The van der Waals surface area contributed by atoms with E-state index in [0.29, 0.717) is 28.2 Å². The molecule has 6 nitrogen and oxygen atoms in total. The van der Waals surface area contributed by atoms with Crippen molar-refractivity contribution in [2.75, 3.05) is 24.4 Å². The Bertz CT molecular complexity index is 876. The molecule has 0 aliphatic carbocycles. The molecule has 25 heavy (non-hydrogen) atoms. The molecule has 1 aromatic carbocycles. The van der Waals surface area contributed by atoms with Crippen molar-refractivity contribution in [1.82, 2.24) is 4.98 Å². The van der Waals surface area contributed by atoms with E-state index in [4.69, 9.17) is 32.1 Å². The van der Waals surface area contributed by atoms with Gasteiger partial charge in [0.25, 0.3) is 10.1 Å². The van der Waals surface area contributed by atoms with Gasteiger partial charge in [-0.25, -0.2) is 4.98 Å².